The lowest BCUT2D eigenvalue weighted by molar-refractivity contribution is -0.277. The standard InChI is InChI=1S/C17H22N2O9/c1-24-18-12(16-19-26-7-6-25-16)9-4-2-3-5-10(9)27-17-15(23)14(22)13(21)11(8-20)28-17/h2-5,11,13-15,17,20-23H,6-8H2,1H3/b18-12-/t11-,13-,14+,15-,17-/m1/s1. The van der Waals surface area contributed by atoms with Gasteiger partial charge in [0.1, 0.15) is 43.9 Å². The molecule has 0 spiro atoms. The maximum atomic E-state index is 10.2. The lowest BCUT2D eigenvalue weighted by Gasteiger charge is -2.39. The van der Waals surface area contributed by atoms with Crippen molar-refractivity contribution in [2.75, 3.05) is 26.9 Å². The van der Waals surface area contributed by atoms with E-state index in [0.717, 1.165) is 0 Å². The number of aliphatic hydroxyl groups is 4. The van der Waals surface area contributed by atoms with Crippen molar-refractivity contribution in [1.82, 2.24) is 0 Å². The van der Waals surface area contributed by atoms with E-state index in [1.54, 1.807) is 24.3 Å². The molecule has 1 saturated heterocycles. The van der Waals surface area contributed by atoms with E-state index in [-0.39, 0.29) is 24.0 Å². The molecule has 0 amide bonds. The van der Waals surface area contributed by atoms with Crippen LogP contribution >= 0.6 is 0 Å². The van der Waals surface area contributed by atoms with Gasteiger partial charge in [-0.25, -0.2) is 0 Å². The molecule has 0 unspecified atom stereocenters. The second-order valence-corrected chi connectivity index (χ2v) is 6.01. The van der Waals surface area contributed by atoms with Crippen LogP contribution in [0.5, 0.6) is 5.75 Å². The second-order valence-electron chi connectivity index (χ2n) is 6.01. The van der Waals surface area contributed by atoms with Crippen molar-refractivity contribution in [2.45, 2.75) is 30.7 Å². The van der Waals surface area contributed by atoms with Gasteiger partial charge in [0, 0.05) is 0 Å². The zero-order valence-electron chi connectivity index (χ0n) is 15.0. The third kappa shape index (κ3) is 4.18. The molecule has 11 nitrogen and oxygen atoms in total. The highest BCUT2D eigenvalue weighted by atomic mass is 16.7. The van der Waals surface area contributed by atoms with Crippen LogP contribution < -0.4 is 4.74 Å². The van der Waals surface area contributed by atoms with Crippen LogP contribution in [-0.4, -0.2) is 89.7 Å². The Kier molecular flexibility index (Phi) is 6.65. The monoisotopic (exact) mass is 398 g/mol. The van der Waals surface area contributed by atoms with Gasteiger partial charge in [0.15, 0.2) is 12.3 Å². The Balaban J connectivity index is 1.89. The number of ether oxygens (including phenoxy) is 3. The second kappa shape index (κ2) is 9.17. The lowest BCUT2D eigenvalue weighted by Crippen LogP contribution is -2.60. The van der Waals surface area contributed by atoms with Crippen LogP contribution in [-0.2, 0) is 19.1 Å². The molecule has 0 aliphatic carbocycles. The fraction of sp³-hybridized carbons (Fsp3) is 0.529. The van der Waals surface area contributed by atoms with Gasteiger partial charge in [0.25, 0.3) is 5.90 Å². The van der Waals surface area contributed by atoms with Crippen LogP contribution in [0.2, 0.25) is 0 Å². The molecule has 2 heterocycles. The van der Waals surface area contributed by atoms with E-state index < -0.39 is 37.3 Å². The molecule has 28 heavy (non-hydrogen) atoms. The molecule has 2 aliphatic rings. The number of nitrogens with zero attached hydrogens (tertiary/aromatic N) is 2. The number of hydrogen-bond acceptors (Lipinski definition) is 11. The molecule has 1 aromatic rings. The van der Waals surface area contributed by atoms with Gasteiger partial charge in [-0.3, -0.25) is 0 Å². The van der Waals surface area contributed by atoms with Gasteiger partial charge in [-0.05, 0) is 17.3 Å². The smallest absolute Gasteiger partial charge is 0.280 e. The van der Waals surface area contributed by atoms with E-state index in [1.807, 2.05) is 0 Å². The first-order valence-corrected chi connectivity index (χ1v) is 8.57. The first-order valence-electron chi connectivity index (χ1n) is 8.57. The highest BCUT2D eigenvalue weighted by molar-refractivity contribution is 6.45. The molecule has 4 N–H and O–H groups in total. The molecule has 2 aliphatic heterocycles. The van der Waals surface area contributed by atoms with E-state index in [0.29, 0.717) is 12.2 Å². The van der Waals surface area contributed by atoms with E-state index in [2.05, 4.69) is 10.3 Å². The van der Waals surface area contributed by atoms with Crippen molar-refractivity contribution in [1.29, 1.82) is 0 Å². The molecule has 0 bridgehead atoms. The van der Waals surface area contributed by atoms with Gasteiger partial charge in [-0.2, -0.15) is 0 Å². The van der Waals surface area contributed by atoms with Crippen molar-refractivity contribution in [3.8, 4) is 5.75 Å². The van der Waals surface area contributed by atoms with Crippen molar-refractivity contribution in [3.05, 3.63) is 29.8 Å². The summed E-state index contributed by atoms with van der Waals surface area (Å²) >= 11 is 0. The minimum absolute atomic E-state index is 0.0814. The van der Waals surface area contributed by atoms with Gasteiger partial charge in [0.2, 0.25) is 6.29 Å². The third-order valence-electron chi connectivity index (χ3n) is 4.18. The summed E-state index contributed by atoms with van der Waals surface area (Å²) in [6.45, 7) is 0.00883. The first-order chi connectivity index (χ1) is 13.6. The summed E-state index contributed by atoms with van der Waals surface area (Å²) in [5.41, 5.74) is 0.577. The first kappa shape index (κ1) is 20.3. The molecule has 1 aromatic carbocycles. The molecular weight excluding hydrogens is 376 g/mol. The van der Waals surface area contributed by atoms with Crippen molar-refractivity contribution >= 4 is 11.6 Å². The minimum atomic E-state index is -1.56. The van der Waals surface area contributed by atoms with E-state index in [4.69, 9.17) is 23.9 Å². The maximum absolute atomic E-state index is 10.2. The summed E-state index contributed by atoms with van der Waals surface area (Å²) in [6.07, 6.45) is -7.05. The zero-order valence-corrected chi connectivity index (χ0v) is 15.0. The summed E-state index contributed by atoms with van der Waals surface area (Å²) in [4.78, 5) is 9.90. The molecular formula is C17H22N2O9. The summed E-state index contributed by atoms with van der Waals surface area (Å²) in [5, 5.41) is 47.1. The Morgan fingerprint density at radius 1 is 1.18 bits per heavy atom. The normalized spacial score (nSPS) is 30.7. The predicted octanol–water partition coefficient (Wildman–Crippen LogP) is -1.42. The van der Waals surface area contributed by atoms with Crippen LogP contribution in [0.3, 0.4) is 0 Å². The Bertz CT molecular complexity index is 724. The summed E-state index contributed by atoms with van der Waals surface area (Å²) in [7, 11) is 1.35. The molecule has 5 atom stereocenters. The lowest BCUT2D eigenvalue weighted by atomic mass is 9.99. The van der Waals surface area contributed by atoms with Gasteiger partial charge in [-0.15, -0.1) is 0 Å². The fourth-order valence-corrected chi connectivity index (χ4v) is 2.77. The third-order valence-corrected chi connectivity index (χ3v) is 4.18. The van der Waals surface area contributed by atoms with Crippen molar-refractivity contribution in [2.24, 2.45) is 10.3 Å². The molecule has 154 valence electrons. The fourth-order valence-electron chi connectivity index (χ4n) is 2.77. The Morgan fingerprint density at radius 2 is 1.96 bits per heavy atom. The number of benzene rings is 1. The predicted molar refractivity (Wildman–Crippen MR) is 93.7 cm³/mol. The summed E-state index contributed by atoms with van der Waals surface area (Å²) in [5.74, 6) is 0.289. The Morgan fingerprint density at radius 3 is 2.64 bits per heavy atom. The molecule has 0 aromatic heterocycles. The molecule has 0 radical (unpaired) electrons. The SMILES string of the molecule is CO/N=C(\C1=NOCCO1)c1ccccc1O[C@@H]1O[C@H](CO)[C@@H](O)[C@H](O)[C@H]1O. The van der Waals surface area contributed by atoms with Crippen molar-refractivity contribution < 1.29 is 44.3 Å². The topological polar surface area (TPSA) is 152 Å². The quantitative estimate of drug-likeness (QED) is 0.334. The Hall–Kier alpha value is -2.44. The van der Waals surface area contributed by atoms with Crippen LogP contribution in [0.25, 0.3) is 0 Å². The van der Waals surface area contributed by atoms with E-state index in [9.17, 15) is 20.4 Å². The largest absolute Gasteiger partial charge is 0.470 e. The van der Waals surface area contributed by atoms with E-state index in [1.165, 1.54) is 7.11 Å². The highest BCUT2D eigenvalue weighted by Gasteiger charge is 2.45. The van der Waals surface area contributed by atoms with Crippen LogP contribution in [0.15, 0.2) is 34.6 Å². The van der Waals surface area contributed by atoms with E-state index >= 15 is 0 Å². The number of oxime groups is 2. The van der Waals surface area contributed by atoms with Gasteiger partial charge in [-0.1, -0.05) is 17.3 Å². The van der Waals surface area contributed by atoms with Crippen molar-refractivity contribution in [3.63, 3.8) is 0 Å². The van der Waals surface area contributed by atoms with Crippen LogP contribution in [0, 0.1) is 0 Å². The average molecular weight is 398 g/mol. The molecule has 1 fully saturated rings. The molecule has 3 rings (SSSR count). The summed E-state index contributed by atoms with van der Waals surface area (Å²) in [6, 6.07) is 6.61. The zero-order chi connectivity index (χ0) is 20.1. The molecule has 11 heteroatoms. The van der Waals surface area contributed by atoms with Crippen LogP contribution in [0.4, 0.5) is 0 Å². The maximum Gasteiger partial charge on any atom is 0.280 e. The minimum Gasteiger partial charge on any atom is -0.470 e. The highest BCUT2D eigenvalue weighted by Crippen LogP contribution is 2.27. The van der Waals surface area contributed by atoms with Gasteiger partial charge < -0.3 is 44.3 Å². The average Bonchev–Trinajstić information content (AvgIpc) is 2.73. The number of rotatable bonds is 6. The van der Waals surface area contributed by atoms with Gasteiger partial charge in [0.05, 0.1) is 12.2 Å². The number of aliphatic hydroxyl groups excluding tert-OH is 4. The summed E-state index contributed by atoms with van der Waals surface area (Å²) < 4.78 is 16.6. The van der Waals surface area contributed by atoms with Crippen LogP contribution in [0.1, 0.15) is 5.56 Å². The molecule has 0 saturated carbocycles. The Labute approximate surface area is 160 Å². The number of para-hydroxylation sites is 1. The van der Waals surface area contributed by atoms with Gasteiger partial charge >= 0.3 is 0 Å². The number of hydrogen-bond donors (Lipinski definition) is 4.